The molecule has 23 heavy (non-hydrogen) atoms. The number of carbonyl (C=O) groups is 1. The van der Waals surface area contributed by atoms with E-state index in [-0.39, 0.29) is 30.0 Å². The van der Waals surface area contributed by atoms with E-state index in [2.05, 4.69) is 10.3 Å². The highest BCUT2D eigenvalue weighted by atomic mass is 32.2. The molecule has 0 bridgehead atoms. The fraction of sp³-hybridized carbons (Fsp3) is 0.375. The number of sulfone groups is 1. The van der Waals surface area contributed by atoms with E-state index < -0.39 is 9.84 Å². The van der Waals surface area contributed by atoms with Gasteiger partial charge in [0.25, 0.3) is 0 Å². The number of fused-ring (bicyclic) bond motifs is 1. The summed E-state index contributed by atoms with van der Waals surface area (Å²) in [5, 5.41) is 3.81. The minimum Gasteiger partial charge on any atom is -0.325 e. The molecule has 1 atom stereocenters. The van der Waals surface area contributed by atoms with Gasteiger partial charge < -0.3 is 5.32 Å². The van der Waals surface area contributed by atoms with Crippen molar-refractivity contribution in [1.29, 1.82) is 0 Å². The number of hydrogen-bond acceptors (Lipinski definition) is 5. The summed E-state index contributed by atoms with van der Waals surface area (Å²) in [6, 6.07) is 9.26. The number of benzene rings is 1. The van der Waals surface area contributed by atoms with Gasteiger partial charge in [-0.1, -0.05) is 6.07 Å². The van der Waals surface area contributed by atoms with E-state index in [1.54, 1.807) is 13.2 Å². The molecule has 122 valence electrons. The monoisotopic (exact) mass is 333 g/mol. The van der Waals surface area contributed by atoms with Gasteiger partial charge >= 0.3 is 0 Å². The van der Waals surface area contributed by atoms with E-state index in [9.17, 15) is 13.2 Å². The average Bonchev–Trinajstić information content (AvgIpc) is 2.87. The summed E-state index contributed by atoms with van der Waals surface area (Å²) in [7, 11) is -1.15. The lowest BCUT2D eigenvalue weighted by molar-refractivity contribution is -0.117. The molecule has 7 heteroatoms. The molecule has 0 spiro atoms. The van der Waals surface area contributed by atoms with Crippen molar-refractivity contribution in [3.8, 4) is 0 Å². The average molecular weight is 333 g/mol. The zero-order valence-corrected chi connectivity index (χ0v) is 13.7. The smallest absolute Gasteiger partial charge is 0.238 e. The first-order valence-electron chi connectivity index (χ1n) is 7.48. The molecular weight excluding hydrogens is 314 g/mol. The SMILES string of the molecule is CN(CC(=O)Nc1ccc2ncccc2c1)C1CCS(=O)(=O)C1. The molecule has 1 N–H and O–H groups in total. The van der Waals surface area contributed by atoms with Crippen molar-refractivity contribution in [3.05, 3.63) is 36.5 Å². The largest absolute Gasteiger partial charge is 0.325 e. The number of amides is 1. The van der Waals surface area contributed by atoms with Gasteiger partial charge in [0.15, 0.2) is 9.84 Å². The van der Waals surface area contributed by atoms with Crippen molar-refractivity contribution >= 4 is 32.3 Å². The van der Waals surface area contributed by atoms with Crippen LogP contribution in [0.4, 0.5) is 5.69 Å². The van der Waals surface area contributed by atoms with Crippen molar-refractivity contribution < 1.29 is 13.2 Å². The van der Waals surface area contributed by atoms with Gasteiger partial charge in [-0.05, 0) is 37.7 Å². The molecule has 2 heterocycles. The molecule has 1 aliphatic rings. The second-order valence-corrected chi connectivity index (χ2v) is 8.16. The Morgan fingerprint density at radius 2 is 2.22 bits per heavy atom. The minimum absolute atomic E-state index is 0.0773. The predicted octanol–water partition coefficient (Wildman–Crippen LogP) is 1.29. The predicted molar refractivity (Wildman–Crippen MR) is 90.1 cm³/mol. The van der Waals surface area contributed by atoms with Gasteiger partial charge in [-0.3, -0.25) is 14.7 Å². The van der Waals surface area contributed by atoms with Crippen LogP contribution >= 0.6 is 0 Å². The van der Waals surface area contributed by atoms with Crippen molar-refractivity contribution in [2.75, 3.05) is 30.4 Å². The lowest BCUT2D eigenvalue weighted by Gasteiger charge is -2.22. The highest BCUT2D eigenvalue weighted by Crippen LogP contribution is 2.18. The molecule has 0 aliphatic carbocycles. The van der Waals surface area contributed by atoms with Gasteiger partial charge in [0.2, 0.25) is 5.91 Å². The van der Waals surface area contributed by atoms with Gasteiger partial charge in [0.05, 0.1) is 23.6 Å². The lowest BCUT2D eigenvalue weighted by atomic mass is 10.2. The molecule has 1 aromatic carbocycles. The third-order valence-electron chi connectivity index (χ3n) is 4.11. The number of pyridine rings is 1. The van der Waals surface area contributed by atoms with Crippen LogP contribution in [0.2, 0.25) is 0 Å². The van der Waals surface area contributed by atoms with E-state index in [0.717, 1.165) is 10.9 Å². The lowest BCUT2D eigenvalue weighted by Crippen LogP contribution is -2.38. The van der Waals surface area contributed by atoms with Gasteiger partial charge in [0.1, 0.15) is 0 Å². The van der Waals surface area contributed by atoms with Gasteiger partial charge in [-0.15, -0.1) is 0 Å². The summed E-state index contributed by atoms with van der Waals surface area (Å²) in [6.45, 7) is 0.172. The molecule has 2 aromatic rings. The Hall–Kier alpha value is -1.99. The second-order valence-electron chi connectivity index (χ2n) is 5.93. The van der Waals surface area contributed by atoms with Crippen LogP contribution in [-0.2, 0) is 14.6 Å². The Morgan fingerprint density at radius 1 is 1.39 bits per heavy atom. The highest BCUT2D eigenvalue weighted by molar-refractivity contribution is 7.91. The number of anilines is 1. The third-order valence-corrected chi connectivity index (χ3v) is 5.86. The fourth-order valence-corrected chi connectivity index (χ4v) is 4.64. The number of aromatic nitrogens is 1. The Labute approximate surface area is 135 Å². The molecular formula is C16H19N3O3S. The summed E-state index contributed by atoms with van der Waals surface area (Å²) in [6.07, 6.45) is 2.32. The van der Waals surface area contributed by atoms with Gasteiger partial charge in [-0.25, -0.2) is 8.42 Å². The van der Waals surface area contributed by atoms with Crippen LogP contribution in [-0.4, -0.2) is 55.3 Å². The van der Waals surface area contributed by atoms with Crippen molar-refractivity contribution in [2.45, 2.75) is 12.5 Å². The molecule has 3 rings (SSSR count). The molecule has 1 aliphatic heterocycles. The summed E-state index contributed by atoms with van der Waals surface area (Å²) < 4.78 is 23.0. The summed E-state index contributed by atoms with van der Waals surface area (Å²) >= 11 is 0. The Bertz CT molecular complexity index is 835. The van der Waals surface area contributed by atoms with E-state index in [4.69, 9.17) is 0 Å². The van der Waals surface area contributed by atoms with Crippen LogP contribution in [0, 0.1) is 0 Å². The van der Waals surface area contributed by atoms with Crippen LogP contribution in [0.5, 0.6) is 0 Å². The zero-order chi connectivity index (χ0) is 16.4. The molecule has 0 radical (unpaired) electrons. The highest BCUT2D eigenvalue weighted by Gasteiger charge is 2.31. The maximum atomic E-state index is 12.2. The number of carbonyl (C=O) groups excluding carboxylic acids is 1. The number of rotatable bonds is 4. The number of likely N-dealkylation sites (N-methyl/N-ethyl adjacent to an activating group) is 1. The number of nitrogens with zero attached hydrogens (tertiary/aromatic N) is 2. The minimum atomic E-state index is -2.94. The van der Waals surface area contributed by atoms with Crippen LogP contribution in [0.15, 0.2) is 36.5 Å². The van der Waals surface area contributed by atoms with Crippen LogP contribution in [0.1, 0.15) is 6.42 Å². The van der Waals surface area contributed by atoms with Crippen molar-refractivity contribution in [1.82, 2.24) is 9.88 Å². The topological polar surface area (TPSA) is 79.4 Å². The summed E-state index contributed by atoms with van der Waals surface area (Å²) in [4.78, 5) is 18.2. The van der Waals surface area contributed by atoms with Gasteiger partial charge in [0, 0.05) is 23.3 Å². The van der Waals surface area contributed by atoms with Crippen LogP contribution in [0.25, 0.3) is 10.9 Å². The van der Waals surface area contributed by atoms with Gasteiger partial charge in [-0.2, -0.15) is 0 Å². The first-order valence-corrected chi connectivity index (χ1v) is 9.30. The van der Waals surface area contributed by atoms with Crippen LogP contribution < -0.4 is 5.32 Å². The Balaban J connectivity index is 1.62. The first kappa shape index (κ1) is 15.9. The molecule has 1 saturated heterocycles. The molecule has 1 aromatic heterocycles. The maximum absolute atomic E-state index is 12.2. The van der Waals surface area contributed by atoms with E-state index in [1.807, 2.05) is 35.2 Å². The van der Waals surface area contributed by atoms with E-state index >= 15 is 0 Å². The quantitative estimate of drug-likeness (QED) is 0.912. The molecule has 1 unspecified atom stereocenters. The zero-order valence-electron chi connectivity index (χ0n) is 12.9. The Kier molecular flexibility index (Phi) is 4.32. The van der Waals surface area contributed by atoms with E-state index in [0.29, 0.717) is 12.1 Å². The third kappa shape index (κ3) is 3.86. The van der Waals surface area contributed by atoms with Crippen LogP contribution in [0.3, 0.4) is 0 Å². The molecule has 1 amide bonds. The molecule has 6 nitrogen and oxygen atoms in total. The standard InChI is InChI=1S/C16H19N3O3S/c1-19(14-6-8-23(21,22)11-14)10-16(20)18-13-4-5-15-12(9-13)3-2-7-17-15/h2-5,7,9,14H,6,8,10-11H2,1H3,(H,18,20). The fourth-order valence-electron chi connectivity index (χ4n) is 2.83. The normalized spacial score (nSPS) is 20.0. The van der Waals surface area contributed by atoms with Crippen molar-refractivity contribution in [2.24, 2.45) is 0 Å². The number of hydrogen-bond donors (Lipinski definition) is 1. The Morgan fingerprint density at radius 3 is 2.96 bits per heavy atom. The van der Waals surface area contributed by atoms with Crippen molar-refractivity contribution in [3.63, 3.8) is 0 Å². The molecule has 1 fully saturated rings. The summed E-state index contributed by atoms with van der Waals surface area (Å²) in [5.41, 5.74) is 1.58. The maximum Gasteiger partial charge on any atom is 0.238 e. The molecule has 0 saturated carbocycles. The first-order chi connectivity index (χ1) is 10.9. The summed E-state index contributed by atoms with van der Waals surface area (Å²) in [5.74, 6) is 0.194. The van der Waals surface area contributed by atoms with E-state index in [1.165, 1.54) is 0 Å². The second kappa shape index (κ2) is 6.25. The number of nitrogens with one attached hydrogen (secondary N) is 1.